The average Bonchev–Trinajstić information content (AvgIpc) is 2.83. The van der Waals surface area contributed by atoms with Crippen LogP contribution in [0.2, 0.25) is 10.0 Å². The van der Waals surface area contributed by atoms with Crippen molar-refractivity contribution >= 4 is 62.8 Å². The fraction of sp³-hybridized carbons (Fsp3) is 0.182. The largest absolute Gasteiger partial charge is 0.318 e. The Labute approximate surface area is 124 Å². The zero-order valence-electron chi connectivity index (χ0n) is 8.69. The quantitative estimate of drug-likeness (QED) is 0.750. The Morgan fingerprint density at radius 3 is 2.82 bits per heavy atom. The molecule has 0 bridgehead atoms. The van der Waals surface area contributed by atoms with Crippen LogP contribution in [-0.2, 0) is 0 Å². The van der Waals surface area contributed by atoms with E-state index in [4.69, 9.17) is 23.2 Å². The summed E-state index contributed by atoms with van der Waals surface area (Å²) in [5.41, 5.74) is 2.26. The number of benzene rings is 1. The number of halogens is 3. The standard InChI is InChI=1S/C11H8Cl2N2S.BrH/c12-8-2-1-7(5-9(8)13)10-6-16-11-14-3-4-15(10)11;/h1-2,5-6H,3-4H2;1H. The third-order valence-corrected chi connectivity index (χ3v) is 4.22. The fourth-order valence-electron chi connectivity index (χ4n) is 1.80. The molecule has 2 nitrogen and oxygen atoms in total. The Bertz CT molecular complexity index is 516. The third-order valence-electron chi connectivity index (χ3n) is 2.58. The van der Waals surface area contributed by atoms with Crippen molar-refractivity contribution in [2.75, 3.05) is 13.1 Å². The van der Waals surface area contributed by atoms with Crippen molar-refractivity contribution in [2.24, 2.45) is 4.99 Å². The first-order valence-corrected chi connectivity index (χ1v) is 6.53. The highest BCUT2D eigenvalue weighted by atomic mass is 79.9. The van der Waals surface area contributed by atoms with Gasteiger partial charge in [0.1, 0.15) is 0 Å². The predicted molar refractivity (Wildman–Crippen MR) is 81.4 cm³/mol. The summed E-state index contributed by atoms with van der Waals surface area (Å²) in [6.45, 7) is 1.83. The van der Waals surface area contributed by atoms with Crippen molar-refractivity contribution in [1.29, 1.82) is 0 Å². The van der Waals surface area contributed by atoms with Gasteiger partial charge in [0.2, 0.25) is 0 Å². The fourth-order valence-corrected chi connectivity index (χ4v) is 3.06. The molecular formula is C11H9BrCl2N2S. The second kappa shape index (κ2) is 5.22. The molecule has 0 radical (unpaired) electrons. The first-order chi connectivity index (χ1) is 7.75. The van der Waals surface area contributed by atoms with E-state index in [1.54, 1.807) is 11.8 Å². The molecule has 6 heteroatoms. The molecule has 0 saturated heterocycles. The first-order valence-electron chi connectivity index (χ1n) is 4.90. The third kappa shape index (κ3) is 2.36. The van der Waals surface area contributed by atoms with Crippen molar-refractivity contribution in [2.45, 2.75) is 0 Å². The van der Waals surface area contributed by atoms with Gasteiger partial charge in [0.25, 0.3) is 0 Å². The van der Waals surface area contributed by atoms with Crippen LogP contribution in [0.5, 0.6) is 0 Å². The second-order valence-electron chi connectivity index (χ2n) is 3.57. The molecule has 0 amide bonds. The molecule has 0 atom stereocenters. The molecule has 0 unspecified atom stereocenters. The first kappa shape index (κ1) is 13.3. The summed E-state index contributed by atoms with van der Waals surface area (Å²) >= 11 is 13.6. The number of fused-ring (bicyclic) bond motifs is 1. The van der Waals surface area contributed by atoms with Crippen LogP contribution in [0.25, 0.3) is 5.70 Å². The molecule has 1 aromatic carbocycles. The van der Waals surface area contributed by atoms with E-state index in [9.17, 15) is 0 Å². The van der Waals surface area contributed by atoms with E-state index in [1.807, 2.05) is 18.2 Å². The predicted octanol–water partition coefficient (Wildman–Crippen LogP) is 4.29. The highest BCUT2D eigenvalue weighted by Crippen LogP contribution is 2.36. The lowest BCUT2D eigenvalue weighted by molar-refractivity contribution is 0.650. The van der Waals surface area contributed by atoms with E-state index < -0.39 is 0 Å². The van der Waals surface area contributed by atoms with E-state index in [1.165, 1.54) is 5.70 Å². The Kier molecular flexibility index (Phi) is 4.08. The Balaban J connectivity index is 0.00000108. The van der Waals surface area contributed by atoms with E-state index in [-0.39, 0.29) is 17.0 Å². The molecule has 0 saturated carbocycles. The summed E-state index contributed by atoms with van der Waals surface area (Å²) < 4.78 is 0. The van der Waals surface area contributed by atoms with Gasteiger partial charge in [0.05, 0.1) is 22.3 Å². The van der Waals surface area contributed by atoms with Crippen molar-refractivity contribution in [3.63, 3.8) is 0 Å². The molecular weight excluding hydrogens is 343 g/mol. The van der Waals surface area contributed by atoms with Crippen LogP contribution in [-0.4, -0.2) is 23.2 Å². The van der Waals surface area contributed by atoms with Gasteiger partial charge in [0.15, 0.2) is 5.17 Å². The van der Waals surface area contributed by atoms with Gasteiger partial charge in [-0.1, -0.05) is 41.0 Å². The van der Waals surface area contributed by atoms with Gasteiger partial charge in [0, 0.05) is 17.5 Å². The molecule has 90 valence electrons. The van der Waals surface area contributed by atoms with Gasteiger partial charge in [-0.2, -0.15) is 0 Å². The second-order valence-corrected chi connectivity index (χ2v) is 5.22. The molecule has 3 rings (SSSR count). The molecule has 1 aromatic rings. The molecule has 2 aliphatic rings. The summed E-state index contributed by atoms with van der Waals surface area (Å²) in [7, 11) is 0. The smallest absolute Gasteiger partial charge is 0.168 e. The average molecular weight is 352 g/mol. The van der Waals surface area contributed by atoms with Crippen molar-refractivity contribution in [3.05, 3.63) is 39.2 Å². The number of thioether (sulfide) groups is 1. The lowest BCUT2D eigenvalue weighted by Gasteiger charge is -2.16. The van der Waals surface area contributed by atoms with E-state index in [0.717, 1.165) is 23.8 Å². The summed E-state index contributed by atoms with van der Waals surface area (Å²) in [6.07, 6.45) is 0. The van der Waals surface area contributed by atoms with Gasteiger partial charge >= 0.3 is 0 Å². The summed E-state index contributed by atoms with van der Waals surface area (Å²) in [5, 5.41) is 4.38. The number of amidine groups is 1. The highest BCUT2D eigenvalue weighted by Gasteiger charge is 2.27. The monoisotopic (exact) mass is 350 g/mol. The molecule has 0 fully saturated rings. The highest BCUT2D eigenvalue weighted by molar-refractivity contribution is 8.93. The van der Waals surface area contributed by atoms with Crippen LogP contribution in [0.1, 0.15) is 5.56 Å². The van der Waals surface area contributed by atoms with Crippen LogP contribution in [0.4, 0.5) is 0 Å². The summed E-state index contributed by atoms with van der Waals surface area (Å²) in [5.74, 6) is 0. The lowest BCUT2D eigenvalue weighted by atomic mass is 10.1. The van der Waals surface area contributed by atoms with Gasteiger partial charge in [-0.25, -0.2) is 0 Å². The minimum absolute atomic E-state index is 0. The number of rotatable bonds is 1. The normalized spacial score (nSPS) is 17.4. The maximum absolute atomic E-state index is 6.02. The molecule has 2 heterocycles. The Morgan fingerprint density at radius 1 is 1.24 bits per heavy atom. The molecule has 0 aliphatic carbocycles. The Morgan fingerprint density at radius 2 is 2.06 bits per heavy atom. The molecule has 0 spiro atoms. The molecule has 0 aromatic heterocycles. The Hall–Kier alpha value is -0.160. The minimum atomic E-state index is 0. The van der Waals surface area contributed by atoms with Crippen LogP contribution < -0.4 is 0 Å². The van der Waals surface area contributed by atoms with Crippen molar-refractivity contribution < 1.29 is 0 Å². The summed E-state index contributed by atoms with van der Waals surface area (Å²) in [6, 6.07) is 5.72. The maximum atomic E-state index is 6.02. The number of hydrogen-bond donors (Lipinski definition) is 0. The van der Waals surface area contributed by atoms with Crippen molar-refractivity contribution in [3.8, 4) is 0 Å². The van der Waals surface area contributed by atoms with Crippen LogP contribution in [0.15, 0.2) is 28.6 Å². The maximum Gasteiger partial charge on any atom is 0.168 e. The van der Waals surface area contributed by atoms with Gasteiger partial charge in [-0.3, -0.25) is 4.99 Å². The van der Waals surface area contributed by atoms with E-state index in [2.05, 4.69) is 15.3 Å². The van der Waals surface area contributed by atoms with E-state index in [0.29, 0.717) is 10.0 Å². The van der Waals surface area contributed by atoms with E-state index >= 15 is 0 Å². The van der Waals surface area contributed by atoms with Gasteiger partial charge in [-0.15, -0.1) is 17.0 Å². The zero-order valence-corrected chi connectivity index (χ0v) is 12.7. The minimum Gasteiger partial charge on any atom is -0.318 e. The van der Waals surface area contributed by atoms with Crippen LogP contribution in [0, 0.1) is 0 Å². The molecule has 17 heavy (non-hydrogen) atoms. The lowest BCUT2D eigenvalue weighted by Crippen LogP contribution is -2.19. The molecule has 2 aliphatic heterocycles. The molecule has 0 N–H and O–H groups in total. The number of hydrogen-bond acceptors (Lipinski definition) is 3. The van der Waals surface area contributed by atoms with Crippen LogP contribution >= 0.6 is 51.9 Å². The number of nitrogens with zero attached hydrogens (tertiary/aromatic N) is 2. The SMILES string of the molecule is Br.Clc1ccc(C2=CSC3=NCCN23)cc1Cl. The van der Waals surface area contributed by atoms with Gasteiger partial charge < -0.3 is 4.90 Å². The summed E-state index contributed by atoms with van der Waals surface area (Å²) in [4.78, 5) is 6.62. The topological polar surface area (TPSA) is 15.6 Å². The number of aliphatic imine (C=N–C) groups is 1. The van der Waals surface area contributed by atoms with Gasteiger partial charge in [-0.05, 0) is 12.1 Å². The van der Waals surface area contributed by atoms with Crippen LogP contribution in [0.3, 0.4) is 0 Å². The van der Waals surface area contributed by atoms with Crippen molar-refractivity contribution in [1.82, 2.24) is 4.90 Å². The zero-order chi connectivity index (χ0) is 11.1.